The molecule has 0 radical (unpaired) electrons. The molecule has 0 aliphatic rings. The molecule has 0 heterocycles. The van der Waals surface area contributed by atoms with Crippen molar-refractivity contribution in [1.82, 2.24) is 4.90 Å². The molecule has 1 atom stereocenters. The van der Waals surface area contributed by atoms with Gasteiger partial charge >= 0.3 is 0 Å². The van der Waals surface area contributed by atoms with Gasteiger partial charge in [-0.05, 0) is 26.1 Å². The first kappa shape index (κ1) is 10.0. The quantitative estimate of drug-likeness (QED) is 0.636. The molecule has 1 aromatic carbocycles. The van der Waals surface area contributed by atoms with Gasteiger partial charge in [0.15, 0.2) is 0 Å². The molecule has 1 unspecified atom stereocenters. The summed E-state index contributed by atoms with van der Waals surface area (Å²) in [6, 6.07) is 11.0. The topological polar surface area (TPSA) is 3.24 Å². The lowest BCUT2D eigenvalue weighted by Gasteiger charge is -2.23. The predicted octanol–water partition coefficient (Wildman–Crippen LogP) is 2.87. The molecule has 0 spiro atoms. The van der Waals surface area contributed by atoms with Crippen LogP contribution < -0.4 is 0 Å². The fourth-order valence-electron chi connectivity index (χ4n) is 1.48. The van der Waals surface area contributed by atoms with Crippen LogP contribution in [0.2, 0.25) is 0 Å². The van der Waals surface area contributed by atoms with Crippen molar-refractivity contribution in [2.24, 2.45) is 0 Å². The zero-order valence-electron chi connectivity index (χ0n) is 8.40. The van der Waals surface area contributed by atoms with E-state index in [9.17, 15) is 0 Å². The fraction of sp³-hybridized carbons (Fsp3) is 0.333. The molecular formula is C12H17N. The number of hydrogen-bond acceptors (Lipinski definition) is 1. The summed E-state index contributed by atoms with van der Waals surface area (Å²) in [5, 5.41) is 0. The lowest BCUT2D eigenvalue weighted by atomic mass is 10.0. The van der Waals surface area contributed by atoms with Gasteiger partial charge in [0.25, 0.3) is 0 Å². The van der Waals surface area contributed by atoms with Crippen molar-refractivity contribution in [3.8, 4) is 0 Å². The van der Waals surface area contributed by atoms with Gasteiger partial charge < -0.3 is 4.90 Å². The Bertz CT molecular complexity index is 251. The van der Waals surface area contributed by atoms with Gasteiger partial charge in [-0.25, -0.2) is 0 Å². The second-order valence-corrected chi connectivity index (χ2v) is 3.41. The van der Waals surface area contributed by atoms with Crippen molar-refractivity contribution < 1.29 is 0 Å². The zero-order valence-corrected chi connectivity index (χ0v) is 8.40. The summed E-state index contributed by atoms with van der Waals surface area (Å²) in [7, 11) is 4.20. The van der Waals surface area contributed by atoms with E-state index in [1.807, 2.05) is 12.1 Å². The monoisotopic (exact) mass is 175 g/mol. The van der Waals surface area contributed by atoms with Gasteiger partial charge in [-0.3, -0.25) is 0 Å². The highest BCUT2D eigenvalue weighted by atomic mass is 15.1. The van der Waals surface area contributed by atoms with Gasteiger partial charge in [-0.15, -0.1) is 6.58 Å². The molecule has 1 nitrogen and oxygen atoms in total. The van der Waals surface area contributed by atoms with E-state index in [0.29, 0.717) is 6.04 Å². The number of hydrogen-bond donors (Lipinski definition) is 0. The average molecular weight is 175 g/mol. The van der Waals surface area contributed by atoms with Crippen LogP contribution in [0.3, 0.4) is 0 Å². The van der Waals surface area contributed by atoms with Crippen LogP contribution in [0.15, 0.2) is 43.0 Å². The Balaban J connectivity index is 2.82. The maximum atomic E-state index is 3.78. The number of nitrogens with zero attached hydrogens (tertiary/aromatic N) is 1. The Morgan fingerprint density at radius 2 is 1.92 bits per heavy atom. The second kappa shape index (κ2) is 4.83. The summed E-state index contributed by atoms with van der Waals surface area (Å²) in [4.78, 5) is 2.22. The lowest BCUT2D eigenvalue weighted by molar-refractivity contribution is 0.301. The van der Waals surface area contributed by atoms with Crippen molar-refractivity contribution in [2.75, 3.05) is 14.1 Å². The zero-order chi connectivity index (χ0) is 9.68. The molecule has 0 aliphatic heterocycles. The molecule has 0 N–H and O–H groups in total. The molecule has 0 aliphatic carbocycles. The summed E-state index contributed by atoms with van der Waals surface area (Å²) < 4.78 is 0. The van der Waals surface area contributed by atoms with Crippen LogP contribution >= 0.6 is 0 Å². The highest BCUT2D eigenvalue weighted by molar-refractivity contribution is 5.19. The fourth-order valence-corrected chi connectivity index (χ4v) is 1.48. The maximum Gasteiger partial charge on any atom is 0.0376 e. The van der Waals surface area contributed by atoms with E-state index in [1.54, 1.807) is 0 Å². The van der Waals surface area contributed by atoms with Crippen molar-refractivity contribution in [3.05, 3.63) is 48.6 Å². The van der Waals surface area contributed by atoms with Gasteiger partial charge in [0, 0.05) is 6.04 Å². The highest BCUT2D eigenvalue weighted by Gasteiger charge is 2.10. The van der Waals surface area contributed by atoms with Gasteiger partial charge in [0.2, 0.25) is 0 Å². The molecule has 70 valence electrons. The van der Waals surface area contributed by atoms with Crippen LogP contribution in [0.25, 0.3) is 0 Å². The van der Waals surface area contributed by atoms with E-state index in [4.69, 9.17) is 0 Å². The van der Waals surface area contributed by atoms with Crippen molar-refractivity contribution >= 4 is 0 Å². The van der Waals surface area contributed by atoms with E-state index < -0.39 is 0 Å². The van der Waals surface area contributed by atoms with Crippen molar-refractivity contribution in [2.45, 2.75) is 12.5 Å². The Kier molecular flexibility index (Phi) is 3.71. The van der Waals surface area contributed by atoms with E-state index in [2.05, 4.69) is 49.8 Å². The van der Waals surface area contributed by atoms with Crippen molar-refractivity contribution in [3.63, 3.8) is 0 Å². The molecule has 13 heavy (non-hydrogen) atoms. The molecule has 0 fully saturated rings. The average Bonchev–Trinajstić information content (AvgIpc) is 2.15. The highest BCUT2D eigenvalue weighted by Crippen LogP contribution is 2.21. The minimum atomic E-state index is 0.457. The van der Waals surface area contributed by atoms with Gasteiger partial charge in [-0.2, -0.15) is 0 Å². The van der Waals surface area contributed by atoms with Crippen LogP contribution in [0.4, 0.5) is 0 Å². The third-order valence-corrected chi connectivity index (χ3v) is 2.20. The lowest BCUT2D eigenvalue weighted by Crippen LogP contribution is -2.19. The molecule has 1 heteroatoms. The Morgan fingerprint density at radius 1 is 1.31 bits per heavy atom. The summed E-state index contributed by atoms with van der Waals surface area (Å²) in [5.74, 6) is 0. The molecule has 1 rings (SSSR count). The molecule has 0 amide bonds. The molecule has 1 aromatic rings. The standard InChI is InChI=1S/C12H17N/c1-4-8-12(13(2)3)11-9-6-5-7-10-11/h4-7,9-10,12H,1,8H2,2-3H3. The van der Waals surface area contributed by atoms with Crippen LogP contribution in [0, 0.1) is 0 Å². The van der Waals surface area contributed by atoms with Gasteiger partial charge in [0.05, 0.1) is 0 Å². The first-order valence-electron chi connectivity index (χ1n) is 4.58. The number of benzene rings is 1. The first-order chi connectivity index (χ1) is 6.25. The minimum Gasteiger partial charge on any atom is -0.302 e. The second-order valence-electron chi connectivity index (χ2n) is 3.41. The van der Waals surface area contributed by atoms with E-state index >= 15 is 0 Å². The Hall–Kier alpha value is -1.08. The Morgan fingerprint density at radius 3 is 2.38 bits per heavy atom. The first-order valence-corrected chi connectivity index (χ1v) is 4.58. The van der Waals surface area contributed by atoms with Crippen LogP contribution in [-0.2, 0) is 0 Å². The Labute approximate surface area is 80.7 Å². The number of rotatable bonds is 4. The smallest absolute Gasteiger partial charge is 0.0376 e. The summed E-state index contributed by atoms with van der Waals surface area (Å²) in [6.45, 7) is 3.78. The molecule has 0 aromatic heterocycles. The van der Waals surface area contributed by atoms with Crippen LogP contribution in [-0.4, -0.2) is 19.0 Å². The third-order valence-electron chi connectivity index (χ3n) is 2.20. The molecule has 0 saturated heterocycles. The maximum absolute atomic E-state index is 3.78. The molecular weight excluding hydrogens is 158 g/mol. The molecule has 0 bridgehead atoms. The van der Waals surface area contributed by atoms with Gasteiger partial charge in [-0.1, -0.05) is 36.4 Å². The summed E-state index contributed by atoms with van der Waals surface area (Å²) in [5.41, 5.74) is 1.35. The van der Waals surface area contributed by atoms with E-state index in [1.165, 1.54) is 5.56 Å². The normalized spacial score (nSPS) is 12.8. The molecule has 0 saturated carbocycles. The summed E-state index contributed by atoms with van der Waals surface area (Å²) >= 11 is 0. The summed E-state index contributed by atoms with van der Waals surface area (Å²) in [6.07, 6.45) is 2.97. The van der Waals surface area contributed by atoms with Crippen LogP contribution in [0.5, 0.6) is 0 Å². The minimum absolute atomic E-state index is 0.457. The van der Waals surface area contributed by atoms with Crippen molar-refractivity contribution in [1.29, 1.82) is 0 Å². The van der Waals surface area contributed by atoms with Gasteiger partial charge in [0.1, 0.15) is 0 Å². The van der Waals surface area contributed by atoms with E-state index in [0.717, 1.165) is 6.42 Å². The van der Waals surface area contributed by atoms with E-state index in [-0.39, 0.29) is 0 Å². The largest absolute Gasteiger partial charge is 0.302 e. The van der Waals surface area contributed by atoms with Crippen LogP contribution in [0.1, 0.15) is 18.0 Å². The predicted molar refractivity (Wildman–Crippen MR) is 57.7 cm³/mol. The SMILES string of the molecule is C=CCC(c1ccccc1)N(C)C. The third kappa shape index (κ3) is 2.71.